The van der Waals surface area contributed by atoms with Crippen molar-refractivity contribution >= 4 is 39.2 Å². The summed E-state index contributed by atoms with van der Waals surface area (Å²) < 4.78 is 7.33. The number of morpholine rings is 1. The summed E-state index contributed by atoms with van der Waals surface area (Å²) in [5.41, 5.74) is 1.37. The highest BCUT2D eigenvalue weighted by Gasteiger charge is 2.30. The maximum Gasteiger partial charge on any atom is 0.263 e. The van der Waals surface area contributed by atoms with Gasteiger partial charge in [0.2, 0.25) is 5.91 Å². The SMILES string of the molecule is CC(Sc1nc2sc3c(c2c(=O)n1C1CCCC1)CCCC3)C(=O)N1CCOCC1. The van der Waals surface area contributed by atoms with Crippen LogP contribution >= 0.6 is 23.1 Å². The Kier molecular flexibility index (Phi) is 5.90. The van der Waals surface area contributed by atoms with Crippen molar-refractivity contribution in [2.45, 2.75) is 74.7 Å². The van der Waals surface area contributed by atoms with E-state index >= 15 is 0 Å². The van der Waals surface area contributed by atoms with Crippen LogP contribution < -0.4 is 5.56 Å². The van der Waals surface area contributed by atoms with Crippen LogP contribution in [0.1, 0.15) is 61.9 Å². The van der Waals surface area contributed by atoms with E-state index in [9.17, 15) is 9.59 Å². The topological polar surface area (TPSA) is 64.4 Å². The molecule has 1 amide bonds. The predicted molar refractivity (Wildman–Crippen MR) is 121 cm³/mol. The van der Waals surface area contributed by atoms with Crippen LogP contribution in [0.15, 0.2) is 9.95 Å². The van der Waals surface area contributed by atoms with Gasteiger partial charge in [-0.1, -0.05) is 24.6 Å². The van der Waals surface area contributed by atoms with Crippen LogP contribution in [-0.4, -0.2) is 51.9 Å². The van der Waals surface area contributed by atoms with Crippen LogP contribution in [-0.2, 0) is 22.4 Å². The van der Waals surface area contributed by atoms with E-state index in [0.717, 1.165) is 60.3 Å². The van der Waals surface area contributed by atoms with Crippen molar-refractivity contribution < 1.29 is 9.53 Å². The van der Waals surface area contributed by atoms with Crippen molar-refractivity contribution in [1.29, 1.82) is 0 Å². The molecule has 1 saturated heterocycles. The lowest BCUT2D eigenvalue weighted by Crippen LogP contribution is -2.44. The van der Waals surface area contributed by atoms with E-state index in [-0.39, 0.29) is 22.8 Å². The Hall–Kier alpha value is -1.38. The number of thioether (sulfide) groups is 1. The van der Waals surface area contributed by atoms with E-state index in [4.69, 9.17) is 9.72 Å². The van der Waals surface area contributed by atoms with E-state index < -0.39 is 0 Å². The molecule has 2 aliphatic carbocycles. The average molecular weight is 448 g/mol. The third kappa shape index (κ3) is 3.71. The van der Waals surface area contributed by atoms with Crippen LogP contribution in [0.25, 0.3) is 10.2 Å². The van der Waals surface area contributed by atoms with Crippen molar-refractivity contribution in [3.05, 3.63) is 20.8 Å². The van der Waals surface area contributed by atoms with E-state index in [1.165, 1.54) is 28.6 Å². The lowest BCUT2D eigenvalue weighted by molar-refractivity contribution is -0.134. The molecule has 2 aromatic rings. The van der Waals surface area contributed by atoms with Gasteiger partial charge in [-0.2, -0.15) is 0 Å². The first-order chi connectivity index (χ1) is 14.6. The molecule has 3 heterocycles. The standard InChI is InChI=1S/C22H29N3O3S2/c1-14(20(26)24-10-12-28-13-11-24)29-22-23-19-18(16-8-4-5-9-17(16)30-19)21(27)25(22)15-6-2-3-7-15/h14-15H,2-13H2,1H3. The minimum Gasteiger partial charge on any atom is -0.378 e. The van der Waals surface area contributed by atoms with E-state index in [1.807, 2.05) is 16.4 Å². The molecule has 5 rings (SSSR count). The third-order valence-electron chi connectivity index (χ3n) is 6.63. The van der Waals surface area contributed by atoms with Gasteiger partial charge in [0.25, 0.3) is 5.56 Å². The Morgan fingerprint density at radius 2 is 1.90 bits per heavy atom. The summed E-state index contributed by atoms with van der Waals surface area (Å²) in [6, 6.07) is 0.210. The van der Waals surface area contributed by atoms with Crippen LogP contribution in [0.2, 0.25) is 0 Å². The van der Waals surface area contributed by atoms with Gasteiger partial charge in [-0.15, -0.1) is 11.3 Å². The van der Waals surface area contributed by atoms with Crippen LogP contribution in [0.5, 0.6) is 0 Å². The quantitative estimate of drug-likeness (QED) is 0.527. The number of carbonyl (C=O) groups excluding carboxylic acids is 1. The Bertz CT molecular complexity index is 1000. The maximum absolute atomic E-state index is 13.7. The van der Waals surface area contributed by atoms with Crippen molar-refractivity contribution in [3.63, 3.8) is 0 Å². The molecule has 1 saturated carbocycles. The molecule has 0 bridgehead atoms. The van der Waals surface area contributed by atoms with E-state index in [1.54, 1.807) is 11.3 Å². The zero-order valence-corrected chi connectivity index (χ0v) is 19.2. The highest BCUT2D eigenvalue weighted by Crippen LogP contribution is 2.38. The summed E-state index contributed by atoms with van der Waals surface area (Å²) in [7, 11) is 0. The van der Waals surface area contributed by atoms with Gasteiger partial charge in [0.1, 0.15) is 4.83 Å². The largest absolute Gasteiger partial charge is 0.378 e. The number of rotatable bonds is 4. The first-order valence-corrected chi connectivity index (χ1v) is 12.9. The summed E-state index contributed by atoms with van der Waals surface area (Å²) in [4.78, 5) is 35.8. The molecule has 1 atom stereocenters. The summed E-state index contributed by atoms with van der Waals surface area (Å²) in [5, 5.41) is 1.32. The number of nitrogens with zero attached hydrogens (tertiary/aromatic N) is 3. The van der Waals surface area contributed by atoms with Crippen molar-refractivity contribution in [2.75, 3.05) is 26.3 Å². The fourth-order valence-corrected chi connectivity index (χ4v) is 7.38. The zero-order valence-electron chi connectivity index (χ0n) is 17.5. The highest BCUT2D eigenvalue weighted by molar-refractivity contribution is 8.00. The van der Waals surface area contributed by atoms with Crippen molar-refractivity contribution in [1.82, 2.24) is 14.5 Å². The minimum atomic E-state index is -0.269. The third-order valence-corrected chi connectivity index (χ3v) is 8.87. The predicted octanol–water partition coefficient (Wildman–Crippen LogP) is 3.79. The molecule has 0 aromatic carbocycles. The molecule has 1 unspecified atom stereocenters. The Morgan fingerprint density at radius 1 is 1.17 bits per heavy atom. The number of ether oxygens (including phenoxy) is 1. The van der Waals surface area contributed by atoms with Crippen LogP contribution in [0.4, 0.5) is 0 Å². The summed E-state index contributed by atoms with van der Waals surface area (Å²) in [6.07, 6.45) is 8.78. The summed E-state index contributed by atoms with van der Waals surface area (Å²) in [6.45, 7) is 4.42. The van der Waals surface area contributed by atoms with Gasteiger partial charge in [-0.25, -0.2) is 4.98 Å². The summed E-state index contributed by atoms with van der Waals surface area (Å²) in [5.74, 6) is 0.112. The van der Waals surface area contributed by atoms with Crippen LogP contribution in [0.3, 0.4) is 0 Å². The highest BCUT2D eigenvalue weighted by atomic mass is 32.2. The molecule has 1 aliphatic heterocycles. The van der Waals surface area contributed by atoms with Gasteiger partial charge in [-0.05, 0) is 51.0 Å². The average Bonchev–Trinajstić information content (AvgIpc) is 3.41. The Labute approximate surface area is 185 Å². The molecular formula is C22H29N3O3S2. The molecule has 162 valence electrons. The number of hydrogen-bond acceptors (Lipinski definition) is 6. The minimum absolute atomic E-state index is 0.112. The summed E-state index contributed by atoms with van der Waals surface area (Å²) >= 11 is 3.15. The van der Waals surface area contributed by atoms with Gasteiger partial charge < -0.3 is 9.64 Å². The van der Waals surface area contributed by atoms with Crippen molar-refractivity contribution in [3.8, 4) is 0 Å². The number of amides is 1. The molecule has 3 aliphatic rings. The van der Waals surface area contributed by atoms with E-state index in [2.05, 4.69) is 0 Å². The Morgan fingerprint density at radius 3 is 2.67 bits per heavy atom. The fourth-order valence-electron chi connectivity index (χ4n) is 5.02. The monoisotopic (exact) mass is 447 g/mol. The number of hydrogen-bond donors (Lipinski definition) is 0. The molecule has 0 N–H and O–H groups in total. The number of thiophene rings is 1. The Balaban J connectivity index is 1.53. The second-order valence-corrected chi connectivity index (χ2v) is 11.0. The molecular weight excluding hydrogens is 418 g/mol. The van der Waals surface area contributed by atoms with Gasteiger partial charge >= 0.3 is 0 Å². The second kappa shape index (κ2) is 8.63. The smallest absolute Gasteiger partial charge is 0.263 e. The molecule has 8 heteroatoms. The fraction of sp³-hybridized carbons (Fsp3) is 0.682. The van der Waals surface area contributed by atoms with E-state index in [0.29, 0.717) is 26.3 Å². The number of aryl methyl sites for hydroxylation is 2. The zero-order chi connectivity index (χ0) is 20.7. The first kappa shape index (κ1) is 20.5. The molecule has 2 aromatic heterocycles. The molecule has 6 nitrogen and oxygen atoms in total. The maximum atomic E-state index is 13.7. The van der Waals surface area contributed by atoms with Gasteiger partial charge in [-0.3, -0.25) is 14.2 Å². The first-order valence-electron chi connectivity index (χ1n) is 11.2. The van der Waals surface area contributed by atoms with Gasteiger partial charge in [0, 0.05) is 24.0 Å². The number of aromatic nitrogens is 2. The van der Waals surface area contributed by atoms with Gasteiger partial charge in [0.15, 0.2) is 5.16 Å². The lowest BCUT2D eigenvalue weighted by Gasteiger charge is -2.29. The molecule has 0 radical (unpaired) electrons. The normalized spacial score (nSPS) is 21.2. The number of carbonyl (C=O) groups is 1. The van der Waals surface area contributed by atoms with Crippen LogP contribution in [0, 0.1) is 0 Å². The molecule has 30 heavy (non-hydrogen) atoms. The molecule has 2 fully saturated rings. The van der Waals surface area contributed by atoms with Crippen molar-refractivity contribution in [2.24, 2.45) is 0 Å². The second-order valence-electron chi connectivity index (χ2n) is 8.60. The molecule has 0 spiro atoms. The van der Waals surface area contributed by atoms with Gasteiger partial charge in [0.05, 0.1) is 23.8 Å². The number of fused-ring (bicyclic) bond motifs is 3. The lowest BCUT2D eigenvalue weighted by atomic mass is 9.97.